The summed E-state index contributed by atoms with van der Waals surface area (Å²) in [5, 5.41) is 15.7. The Morgan fingerprint density at radius 2 is 2.05 bits per heavy atom. The first-order chi connectivity index (χ1) is 9.20. The summed E-state index contributed by atoms with van der Waals surface area (Å²) in [5.41, 5.74) is 0. The highest BCUT2D eigenvalue weighted by Gasteiger charge is 2.21. The van der Waals surface area contributed by atoms with Gasteiger partial charge < -0.3 is 5.32 Å². The maximum Gasteiger partial charge on any atom is 0.167 e. The molecule has 1 aromatic heterocycles. The van der Waals surface area contributed by atoms with Crippen molar-refractivity contribution in [2.24, 2.45) is 11.8 Å². The van der Waals surface area contributed by atoms with Crippen LogP contribution in [-0.2, 0) is 6.54 Å². The van der Waals surface area contributed by atoms with Crippen LogP contribution in [0.15, 0.2) is 0 Å². The van der Waals surface area contributed by atoms with Gasteiger partial charge in [-0.05, 0) is 55.0 Å². The van der Waals surface area contributed by atoms with E-state index in [-0.39, 0.29) is 6.04 Å². The lowest BCUT2D eigenvalue weighted by atomic mass is 9.83. The molecule has 1 N–H and O–H groups in total. The highest BCUT2D eigenvalue weighted by atomic mass is 15.5. The summed E-state index contributed by atoms with van der Waals surface area (Å²) in [6.45, 7) is 8.66. The average Bonchev–Trinajstić information content (AvgIpc) is 2.87. The highest BCUT2D eigenvalue weighted by molar-refractivity contribution is 4.90. The van der Waals surface area contributed by atoms with E-state index in [1.54, 1.807) is 0 Å². The van der Waals surface area contributed by atoms with Crippen LogP contribution >= 0.6 is 0 Å². The number of aromatic nitrogens is 4. The van der Waals surface area contributed by atoms with Gasteiger partial charge in [0, 0.05) is 6.54 Å². The molecule has 0 radical (unpaired) electrons. The second-order valence-corrected chi connectivity index (χ2v) is 6.02. The maximum atomic E-state index is 4.19. The highest BCUT2D eigenvalue weighted by Crippen LogP contribution is 2.29. The first kappa shape index (κ1) is 14.4. The number of tetrazole rings is 1. The second kappa shape index (κ2) is 6.98. The normalized spacial score (nSPS) is 25.4. The Morgan fingerprint density at radius 3 is 2.74 bits per heavy atom. The predicted octanol–water partition coefficient (Wildman–Crippen LogP) is 2.56. The molecule has 1 atom stereocenters. The van der Waals surface area contributed by atoms with Crippen molar-refractivity contribution in [1.29, 1.82) is 0 Å². The van der Waals surface area contributed by atoms with E-state index in [0.29, 0.717) is 0 Å². The number of nitrogens with one attached hydrogen (secondary N) is 1. The van der Waals surface area contributed by atoms with Crippen LogP contribution in [0.4, 0.5) is 0 Å². The van der Waals surface area contributed by atoms with Gasteiger partial charge >= 0.3 is 0 Å². The molecule has 2 rings (SSSR count). The zero-order valence-corrected chi connectivity index (χ0v) is 12.5. The van der Waals surface area contributed by atoms with E-state index >= 15 is 0 Å². The minimum Gasteiger partial charge on any atom is -0.307 e. The van der Waals surface area contributed by atoms with Crippen LogP contribution < -0.4 is 5.32 Å². The van der Waals surface area contributed by atoms with E-state index in [4.69, 9.17) is 0 Å². The van der Waals surface area contributed by atoms with Crippen molar-refractivity contribution in [3.05, 3.63) is 5.82 Å². The van der Waals surface area contributed by atoms with E-state index in [0.717, 1.165) is 37.2 Å². The van der Waals surface area contributed by atoms with Crippen molar-refractivity contribution < 1.29 is 0 Å². The number of rotatable bonds is 6. The van der Waals surface area contributed by atoms with Crippen LogP contribution in [0.25, 0.3) is 0 Å². The van der Waals surface area contributed by atoms with E-state index in [2.05, 4.69) is 41.6 Å². The molecule has 1 unspecified atom stereocenters. The van der Waals surface area contributed by atoms with Crippen molar-refractivity contribution in [3.8, 4) is 0 Å². The van der Waals surface area contributed by atoms with Gasteiger partial charge in [-0.15, -0.1) is 5.10 Å². The Bertz CT molecular complexity index is 368. The summed E-state index contributed by atoms with van der Waals surface area (Å²) in [4.78, 5) is 0. The smallest absolute Gasteiger partial charge is 0.167 e. The molecule has 0 aromatic carbocycles. The van der Waals surface area contributed by atoms with E-state index in [1.165, 1.54) is 25.7 Å². The molecule has 108 valence electrons. The summed E-state index contributed by atoms with van der Waals surface area (Å²) in [6, 6.07) is 0.234. The predicted molar refractivity (Wildman–Crippen MR) is 75.6 cm³/mol. The van der Waals surface area contributed by atoms with Crippen LogP contribution in [0.3, 0.4) is 0 Å². The molecule has 1 fully saturated rings. The standard InChI is InChI=1S/C14H27N5/c1-4-9-15-12(3)14-16-17-18-19(14)10-13-7-5-11(2)6-8-13/h11-13,15H,4-10H2,1-3H3. The van der Waals surface area contributed by atoms with Gasteiger partial charge in [-0.2, -0.15) is 0 Å². The molecule has 0 bridgehead atoms. The third-order valence-electron chi connectivity index (χ3n) is 4.21. The van der Waals surface area contributed by atoms with E-state index in [9.17, 15) is 0 Å². The van der Waals surface area contributed by atoms with Crippen molar-refractivity contribution in [1.82, 2.24) is 25.5 Å². The lowest BCUT2D eigenvalue weighted by molar-refractivity contribution is 0.252. The summed E-state index contributed by atoms with van der Waals surface area (Å²) >= 11 is 0. The van der Waals surface area contributed by atoms with Gasteiger partial charge in [-0.25, -0.2) is 4.68 Å². The second-order valence-electron chi connectivity index (χ2n) is 6.02. The summed E-state index contributed by atoms with van der Waals surface area (Å²) in [5.74, 6) is 2.62. The van der Waals surface area contributed by atoms with Gasteiger partial charge in [0.2, 0.25) is 0 Å². The summed E-state index contributed by atoms with van der Waals surface area (Å²) in [7, 11) is 0. The van der Waals surface area contributed by atoms with Gasteiger partial charge in [-0.3, -0.25) is 0 Å². The maximum absolute atomic E-state index is 4.19. The first-order valence-corrected chi connectivity index (χ1v) is 7.70. The molecular weight excluding hydrogens is 238 g/mol. The largest absolute Gasteiger partial charge is 0.307 e. The van der Waals surface area contributed by atoms with Gasteiger partial charge in [0.15, 0.2) is 5.82 Å². The van der Waals surface area contributed by atoms with Crippen LogP contribution in [0.2, 0.25) is 0 Å². The molecule has 1 heterocycles. The molecule has 1 aromatic rings. The Labute approximate surface area is 116 Å². The lowest BCUT2D eigenvalue weighted by Gasteiger charge is -2.26. The fraction of sp³-hybridized carbons (Fsp3) is 0.929. The fourth-order valence-electron chi connectivity index (χ4n) is 2.86. The van der Waals surface area contributed by atoms with Crippen molar-refractivity contribution in [2.45, 2.75) is 65.5 Å². The van der Waals surface area contributed by atoms with Gasteiger partial charge in [0.05, 0.1) is 6.04 Å². The van der Waals surface area contributed by atoms with Gasteiger partial charge in [0.1, 0.15) is 0 Å². The molecule has 0 aliphatic heterocycles. The van der Waals surface area contributed by atoms with Crippen LogP contribution in [-0.4, -0.2) is 26.8 Å². The minimum absolute atomic E-state index is 0.234. The lowest BCUT2D eigenvalue weighted by Crippen LogP contribution is -2.25. The summed E-state index contributed by atoms with van der Waals surface area (Å²) in [6.07, 6.45) is 6.47. The minimum atomic E-state index is 0.234. The van der Waals surface area contributed by atoms with Gasteiger partial charge in [-0.1, -0.05) is 26.7 Å². The molecule has 0 saturated heterocycles. The first-order valence-electron chi connectivity index (χ1n) is 7.70. The molecule has 5 heteroatoms. The molecule has 0 spiro atoms. The Kier molecular flexibility index (Phi) is 5.31. The Hall–Kier alpha value is -0.970. The molecule has 5 nitrogen and oxygen atoms in total. The van der Waals surface area contributed by atoms with Crippen LogP contribution in [0.5, 0.6) is 0 Å². The summed E-state index contributed by atoms with van der Waals surface area (Å²) < 4.78 is 2.01. The number of nitrogens with zero attached hydrogens (tertiary/aromatic N) is 4. The molecule has 1 aliphatic rings. The zero-order chi connectivity index (χ0) is 13.7. The molecular formula is C14H27N5. The van der Waals surface area contributed by atoms with Crippen LogP contribution in [0.1, 0.15) is 64.7 Å². The van der Waals surface area contributed by atoms with E-state index in [1.807, 2.05) is 4.68 Å². The average molecular weight is 265 g/mol. The number of hydrogen-bond donors (Lipinski definition) is 1. The zero-order valence-electron chi connectivity index (χ0n) is 12.5. The molecule has 0 amide bonds. The molecule has 1 aliphatic carbocycles. The molecule has 19 heavy (non-hydrogen) atoms. The van der Waals surface area contributed by atoms with Gasteiger partial charge in [0.25, 0.3) is 0 Å². The van der Waals surface area contributed by atoms with Crippen LogP contribution in [0, 0.1) is 11.8 Å². The third-order valence-corrected chi connectivity index (χ3v) is 4.21. The third kappa shape index (κ3) is 4.00. The van der Waals surface area contributed by atoms with E-state index < -0.39 is 0 Å². The number of hydrogen-bond acceptors (Lipinski definition) is 4. The topological polar surface area (TPSA) is 55.6 Å². The Morgan fingerprint density at radius 1 is 1.32 bits per heavy atom. The van der Waals surface area contributed by atoms with Crippen molar-refractivity contribution in [3.63, 3.8) is 0 Å². The quantitative estimate of drug-likeness (QED) is 0.859. The Balaban J connectivity index is 1.91. The molecule has 1 saturated carbocycles. The van der Waals surface area contributed by atoms with Crippen molar-refractivity contribution >= 4 is 0 Å². The monoisotopic (exact) mass is 265 g/mol. The SMILES string of the molecule is CCCNC(C)c1nnnn1CC1CCC(C)CC1. The van der Waals surface area contributed by atoms with Crippen molar-refractivity contribution in [2.75, 3.05) is 6.54 Å². The fourth-order valence-corrected chi connectivity index (χ4v) is 2.86.